The maximum absolute atomic E-state index is 13.7. The molecule has 2 fully saturated rings. The zero-order valence-electron chi connectivity index (χ0n) is 32.2. The number of ether oxygens (including phenoxy) is 1. The molecule has 57 heavy (non-hydrogen) atoms. The highest BCUT2D eigenvalue weighted by Crippen LogP contribution is 2.36. The first-order valence-corrected chi connectivity index (χ1v) is 22.2. The van der Waals surface area contributed by atoms with E-state index >= 15 is 0 Å². The zero-order valence-corrected chi connectivity index (χ0v) is 34.6. The quantitative estimate of drug-likeness (QED) is 0.150. The van der Waals surface area contributed by atoms with Crippen molar-refractivity contribution in [1.29, 1.82) is 0 Å². The average Bonchev–Trinajstić information content (AvgIpc) is 3.20. The minimum absolute atomic E-state index is 0.195. The van der Waals surface area contributed by atoms with Crippen molar-refractivity contribution in [1.82, 2.24) is 19.4 Å². The van der Waals surface area contributed by atoms with Crippen molar-refractivity contribution in [3.05, 3.63) is 88.5 Å². The van der Waals surface area contributed by atoms with Gasteiger partial charge in [-0.25, -0.2) is 8.42 Å². The van der Waals surface area contributed by atoms with Crippen LogP contribution in [0.3, 0.4) is 0 Å². The largest absolute Gasteiger partial charge is 0.588 e. The Balaban J connectivity index is 1.05. The van der Waals surface area contributed by atoms with Crippen LogP contribution in [-0.4, -0.2) is 130 Å². The molecule has 1 amide bonds. The Labute approximate surface area is 341 Å². The third-order valence-electron chi connectivity index (χ3n) is 10.7. The van der Waals surface area contributed by atoms with Gasteiger partial charge in [0.2, 0.25) is 0 Å². The van der Waals surface area contributed by atoms with Gasteiger partial charge in [-0.1, -0.05) is 23.7 Å². The van der Waals surface area contributed by atoms with Crippen LogP contribution in [0.5, 0.6) is 0 Å². The van der Waals surface area contributed by atoms with E-state index in [1.165, 1.54) is 22.8 Å². The average molecular weight is 851 g/mol. The summed E-state index contributed by atoms with van der Waals surface area (Å²) >= 11 is 3.83. The first-order chi connectivity index (χ1) is 27.2. The van der Waals surface area contributed by atoms with Gasteiger partial charge in [0.15, 0.2) is 4.90 Å². The predicted molar refractivity (Wildman–Crippen MR) is 219 cm³/mol. The predicted octanol–water partition coefficient (Wildman–Crippen LogP) is 5.91. The molecular weight excluding hydrogens is 801 g/mol. The van der Waals surface area contributed by atoms with Crippen LogP contribution in [0, 0.1) is 0 Å². The molecule has 0 bridgehead atoms. The molecule has 2 saturated heterocycles. The molecule has 3 aromatic carbocycles. The van der Waals surface area contributed by atoms with E-state index in [1.54, 1.807) is 12.1 Å². The Morgan fingerprint density at radius 3 is 2.26 bits per heavy atom. The molecule has 17 heteroatoms. The van der Waals surface area contributed by atoms with Crippen LogP contribution in [0.1, 0.15) is 42.6 Å². The van der Waals surface area contributed by atoms with Crippen molar-refractivity contribution in [3.8, 4) is 0 Å². The van der Waals surface area contributed by atoms with Gasteiger partial charge in [-0.15, -0.1) is 0 Å². The summed E-state index contributed by atoms with van der Waals surface area (Å²) in [5.74, 6) is -0.720. The molecule has 11 nitrogen and oxygen atoms in total. The molecule has 2 N–H and O–H groups in total. The SMILES string of the molecule is CC(C)N1CCC(c2ccc(Cl)cc2)=C(CN2CCN(c3ccc(C(=O)N[S+]([O-])c4ccc(NCCCN5CCOCC5)c(S(=O)(=O)C(F)(F)F)c4)cc3)CC2)C1. The van der Waals surface area contributed by atoms with Crippen LogP contribution < -0.4 is 14.9 Å². The molecule has 1 atom stereocenters. The fraction of sp³-hybridized carbons (Fsp3) is 0.475. The number of anilines is 2. The molecule has 0 radical (unpaired) electrons. The van der Waals surface area contributed by atoms with Crippen LogP contribution in [0.25, 0.3) is 5.57 Å². The molecule has 1 unspecified atom stereocenters. The van der Waals surface area contributed by atoms with Crippen LogP contribution >= 0.6 is 11.6 Å². The molecule has 310 valence electrons. The lowest BCUT2D eigenvalue weighted by molar-refractivity contribution is -0.0435. The van der Waals surface area contributed by atoms with Gasteiger partial charge in [-0.05, 0) is 98.5 Å². The van der Waals surface area contributed by atoms with E-state index in [1.807, 2.05) is 24.3 Å². The number of amides is 1. The number of benzene rings is 3. The molecule has 0 saturated carbocycles. The van der Waals surface area contributed by atoms with Crippen molar-refractivity contribution in [2.24, 2.45) is 0 Å². The Hall–Kier alpha value is -3.35. The molecule has 3 heterocycles. The van der Waals surface area contributed by atoms with E-state index in [-0.39, 0.29) is 22.7 Å². The van der Waals surface area contributed by atoms with Gasteiger partial charge >= 0.3 is 5.51 Å². The fourth-order valence-corrected chi connectivity index (χ4v) is 9.34. The topological polar surface area (TPSA) is 121 Å². The first-order valence-electron chi connectivity index (χ1n) is 19.2. The van der Waals surface area contributed by atoms with E-state index in [4.69, 9.17) is 16.3 Å². The number of alkyl halides is 3. The highest BCUT2D eigenvalue weighted by molar-refractivity contribution is 7.92. The van der Waals surface area contributed by atoms with E-state index in [2.05, 4.69) is 55.6 Å². The van der Waals surface area contributed by atoms with Gasteiger partial charge in [0.25, 0.3) is 15.7 Å². The summed E-state index contributed by atoms with van der Waals surface area (Å²) in [6, 6.07) is 18.5. The summed E-state index contributed by atoms with van der Waals surface area (Å²) in [4.78, 5) is 21.1. The number of nitrogens with one attached hydrogen (secondary N) is 2. The number of rotatable bonds is 14. The molecule has 0 aliphatic carbocycles. The lowest BCUT2D eigenvalue weighted by Crippen LogP contribution is -2.48. The highest BCUT2D eigenvalue weighted by Gasteiger charge is 2.48. The monoisotopic (exact) mass is 850 g/mol. The summed E-state index contributed by atoms with van der Waals surface area (Å²) in [5.41, 5.74) is -0.678. The second kappa shape index (κ2) is 19.1. The normalized spacial score (nSPS) is 18.6. The summed E-state index contributed by atoms with van der Waals surface area (Å²) in [6.07, 6.45) is 1.54. The molecule has 6 rings (SSSR count). The number of sulfone groups is 1. The van der Waals surface area contributed by atoms with E-state index in [0.717, 1.165) is 82.1 Å². The lowest BCUT2D eigenvalue weighted by Gasteiger charge is -2.39. The van der Waals surface area contributed by atoms with Gasteiger partial charge in [-0.3, -0.25) is 19.5 Å². The van der Waals surface area contributed by atoms with Gasteiger partial charge in [0.1, 0.15) is 16.3 Å². The summed E-state index contributed by atoms with van der Waals surface area (Å²) in [7, 11) is -5.80. The number of hydrogen-bond acceptors (Lipinski definition) is 10. The Bertz CT molecular complexity index is 1970. The van der Waals surface area contributed by atoms with E-state index in [9.17, 15) is 30.9 Å². The minimum Gasteiger partial charge on any atom is -0.588 e. The number of nitrogens with zero attached hydrogens (tertiary/aromatic N) is 4. The summed E-state index contributed by atoms with van der Waals surface area (Å²) in [5, 5.41) is 3.52. The summed E-state index contributed by atoms with van der Waals surface area (Å²) < 4.78 is 87.1. The van der Waals surface area contributed by atoms with Gasteiger partial charge in [0.05, 0.1) is 18.9 Å². The van der Waals surface area contributed by atoms with Crippen LogP contribution in [0.4, 0.5) is 24.5 Å². The number of hydrogen-bond donors (Lipinski definition) is 2. The number of piperazine rings is 1. The zero-order chi connectivity index (χ0) is 40.7. The first kappa shape index (κ1) is 43.2. The molecular formula is C40H50ClF3N6O5S2. The second-order valence-corrected chi connectivity index (χ2v) is 18.3. The van der Waals surface area contributed by atoms with Gasteiger partial charge in [-0.2, -0.15) is 17.9 Å². The molecule has 3 aliphatic heterocycles. The van der Waals surface area contributed by atoms with Crippen molar-refractivity contribution < 1.29 is 35.7 Å². The Kier molecular flexibility index (Phi) is 14.5. The third-order valence-corrected chi connectivity index (χ3v) is 13.5. The Morgan fingerprint density at radius 2 is 1.61 bits per heavy atom. The smallest absolute Gasteiger partial charge is 0.501 e. The summed E-state index contributed by atoms with van der Waals surface area (Å²) in [6.45, 7) is 14.1. The third kappa shape index (κ3) is 11.0. The lowest BCUT2D eigenvalue weighted by atomic mass is 9.92. The van der Waals surface area contributed by atoms with Gasteiger partial charge in [0, 0.05) is 93.8 Å². The highest BCUT2D eigenvalue weighted by atomic mass is 35.5. The number of halogens is 4. The maximum atomic E-state index is 13.7. The standard InChI is InChI=1S/C40H50ClF3N6O5S2/c1-29(2)50-17-14-36(30-4-8-33(41)9-5-30)32(28-50)27-48-18-20-49(21-19-48)34-10-6-31(7-11-34)39(51)46-56(52)35-12-13-37(38(26-35)57(53,54)40(42,43)44)45-15-3-16-47-22-24-55-25-23-47/h4-13,26,29,45H,3,14-25,27-28H2,1-2H3,(H,46,51). The molecule has 0 spiro atoms. The van der Waals surface area contributed by atoms with Crippen molar-refractivity contribution in [2.75, 3.05) is 95.4 Å². The van der Waals surface area contributed by atoms with Crippen molar-refractivity contribution in [3.63, 3.8) is 0 Å². The van der Waals surface area contributed by atoms with Gasteiger partial charge < -0.3 is 19.5 Å². The fourth-order valence-electron chi connectivity index (χ4n) is 7.36. The van der Waals surface area contributed by atoms with Crippen LogP contribution in [-0.2, 0) is 25.9 Å². The van der Waals surface area contributed by atoms with Crippen molar-refractivity contribution in [2.45, 2.75) is 48.0 Å². The van der Waals surface area contributed by atoms with Crippen LogP contribution in [0.15, 0.2) is 82.1 Å². The van der Waals surface area contributed by atoms with E-state index < -0.39 is 37.5 Å². The van der Waals surface area contributed by atoms with Crippen LogP contribution in [0.2, 0.25) is 5.02 Å². The van der Waals surface area contributed by atoms with Crippen molar-refractivity contribution >= 4 is 55.7 Å². The van der Waals surface area contributed by atoms with E-state index in [0.29, 0.717) is 38.3 Å². The number of carbonyl (C=O) groups excluding carboxylic acids is 1. The second-order valence-electron chi connectivity index (χ2n) is 14.8. The Morgan fingerprint density at radius 1 is 0.930 bits per heavy atom. The number of carbonyl (C=O) groups is 1. The molecule has 3 aromatic rings. The molecule has 0 aromatic heterocycles. The number of morpholine rings is 1. The molecule has 3 aliphatic rings. The minimum atomic E-state index is -5.80. The maximum Gasteiger partial charge on any atom is 0.501 e.